The summed E-state index contributed by atoms with van der Waals surface area (Å²) in [6.07, 6.45) is 1.45. The molecule has 0 fully saturated rings. The second-order valence-corrected chi connectivity index (χ2v) is 6.77. The minimum Gasteiger partial charge on any atom is -0.329 e. The molecule has 0 aliphatic rings. The molecule has 1 heterocycles. The van der Waals surface area contributed by atoms with E-state index in [2.05, 4.69) is 4.98 Å². The number of sulfonamides is 1. The number of imidazole rings is 1. The molecular formula is C13H16ClN3O2S. The molecule has 1 aromatic heterocycles. The van der Waals surface area contributed by atoms with Crippen LogP contribution in [-0.2, 0) is 16.6 Å². The molecule has 2 rings (SSSR count). The normalized spacial score (nSPS) is 12.1. The first-order chi connectivity index (χ1) is 9.29. The maximum absolute atomic E-state index is 11.4. The number of rotatable bonds is 4. The molecule has 0 bridgehead atoms. The van der Waals surface area contributed by atoms with Gasteiger partial charge >= 0.3 is 0 Å². The number of primary sulfonamides is 1. The van der Waals surface area contributed by atoms with Crippen molar-refractivity contribution >= 4 is 21.6 Å². The quantitative estimate of drug-likeness (QED) is 0.941. The van der Waals surface area contributed by atoms with E-state index in [1.54, 1.807) is 10.6 Å². The zero-order valence-corrected chi connectivity index (χ0v) is 12.8. The van der Waals surface area contributed by atoms with E-state index in [0.717, 1.165) is 5.56 Å². The number of aromatic nitrogens is 2. The van der Waals surface area contributed by atoms with Gasteiger partial charge in [-0.05, 0) is 11.6 Å². The van der Waals surface area contributed by atoms with Gasteiger partial charge in [-0.1, -0.05) is 43.6 Å². The van der Waals surface area contributed by atoms with Crippen molar-refractivity contribution in [3.63, 3.8) is 0 Å². The van der Waals surface area contributed by atoms with E-state index in [4.69, 9.17) is 16.7 Å². The molecule has 5 nitrogen and oxygen atoms in total. The van der Waals surface area contributed by atoms with Crippen molar-refractivity contribution in [3.05, 3.63) is 46.9 Å². The average Bonchev–Trinajstić information content (AvgIpc) is 2.76. The molecule has 20 heavy (non-hydrogen) atoms. The van der Waals surface area contributed by atoms with Gasteiger partial charge in [0, 0.05) is 17.1 Å². The van der Waals surface area contributed by atoms with Crippen LogP contribution in [0.1, 0.15) is 31.2 Å². The van der Waals surface area contributed by atoms with Gasteiger partial charge in [-0.25, -0.2) is 18.5 Å². The number of hydrogen-bond acceptors (Lipinski definition) is 3. The third-order valence-electron chi connectivity index (χ3n) is 2.89. The fourth-order valence-corrected chi connectivity index (χ4v) is 2.63. The highest BCUT2D eigenvalue weighted by molar-refractivity contribution is 7.89. The molecule has 108 valence electrons. The summed E-state index contributed by atoms with van der Waals surface area (Å²) >= 11 is 6.13. The van der Waals surface area contributed by atoms with E-state index in [1.165, 1.54) is 6.20 Å². The summed E-state index contributed by atoms with van der Waals surface area (Å²) in [5.74, 6) is 0.738. The van der Waals surface area contributed by atoms with E-state index < -0.39 is 10.0 Å². The molecular weight excluding hydrogens is 298 g/mol. The summed E-state index contributed by atoms with van der Waals surface area (Å²) in [4.78, 5) is 4.11. The molecule has 0 atom stereocenters. The molecule has 0 amide bonds. The van der Waals surface area contributed by atoms with Gasteiger partial charge in [-0.3, -0.25) is 0 Å². The van der Waals surface area contributed by atoms with Crippen LogP contribution in [-0.4, -0.2) is 18.0 Å². The molecule has 0 radical (unpaired) electrons. The molecule has 2 N–H and O–H groups in total. The van der Waals surface area contributed by atoms with Gasteiger partial charge in [0.05, 0.1) is 6.54 Å². The molecule has 0 unspecified atom stereocenters. The van der Waals surface area contributed by atoms with Crippen LogP contribution in [0.25, 0.3) is 0 Å². The summed E-state index contributed by atoms with van der Waals surface area (Å²) in [7, 11) is -3.81. The Morgan fingerprint density at radius 3 is 2.55 bits per heavy atom. The number of hydrogen-bond donors (Lipinski definition) is 1. The summed E-state index contributed by atoms with van der Waals surface area (Å²) in [5.41, 5.74) is 0.898. The standard InChI is InChI=1S/C13H16ClN3O2S/c1-9(2)13-16-12(20(15,18)19)8-17(13)7-10-5-3-4-6-11(10)14/h3-6,8-9H,7H2,1-2H3,(H2,15,18,19). The monoisotopic (exact) mass is 313 g/mol. The Morgan fingerprint density at radius 2 is 2.00 bits per heavy atom. The van der Waals surface area contributed by atoms with E-state index in [1.807, 2.05) is 32.0 Å². The Bertz CT molecular complexity index is 723. The molecule has 1 aromatic carbocycles. The van der Waals surface area contributed by atoms with Crippen molar-refractivity contribution in [2.45, 2.75) is 31.3 Å². The van der Waals surface area contributed by atoms with Crippen LogP contribution in [0.2, 0.25) is 5.02 Å². The fraction of sp³-hybridized carbons (Fsp3) is 0.308. The maximum Gasteiger partial charge on any atom is 0.257 e. The first-order valence-corrected chi connectivity index (χ1v) is 8.04. The van der Waals surface area contributed by atoms with Crippen molar-refractivity contribution < 1.29 is 8.42 Å². The van der Waals surface area contributed by atoms with Gasteiger partial charge in [0.1, 0.15) is 5.82 Å². The minimum atomic E-state index is -3.81. The third kappa shape index (κ3) is 3.20. The average molecular weight is 314 g/mol. The van der Waals surface area contributed by atoms with Crippen LogP contribution in [0.5, 0.6) is 0 Å². The molecule has 2 aromatic rings. The highest BCUT2D eigenvalue weighted by atomic mass is 35.5. The van der Waals surface area contributed by atoms with Gasteiger partial charge < -0.3 is 4.57 Å². The molecule has 0 spiro atoms. The zero-order valence-electron chi connectivity index (χ0n) is 11.2. The highest BCUT2D eigenvalue weighted by Crippen LogP contribution is 2.21. The Balaban J connectivity index is 2.46. The second kappa shape index (κ2) is 5.55. The molecule has 7 heteroatoms. The predicted octanol–water partition coefficient (Wildman–Crippen LogP) is 2.36. The smallest absolute Gasteiger partial charge is 0.257 e. The first-order valence-electron chi connectivity index (χ1n) is 6.12. The van der Waals surface area contributed by atoms with Gasteiger partial charge in [0.15, 0.2) is 5.03 Å². The lowest BCUT2D eigenvalue weighted by molar-refractivity contribution is 0.594. The Morgan fingerprint density at radius 1 is 1.35 bits per heavy atom. The second-order valence-electron chi connectivity index (χ2n) is 4.86. The molecule has 0 saturated heterocycles. The summed E-state index contributed by atoms with van der Waals surface area (Å²) in [6, 6.07) is 7.42. The van der Waals surface area contributed by atoms with Gasteiger partial charge in [-0.2, -0.15) is 0 Å². The van der Waals surface area contributed by atoms with Crippen molar-refractivity contribution in [1.29, 1.82) is 0 Å². The lowest BCUT2D eigenvalue weighted by Gasteiger charge is -2.11. The van der Waals surface area contributed by atoms with Crippen molar-refractivity contribution in [2.75, 3.05) is 0 Å². The molecule has 0 saturated carbocycles. The van der Waals surface area contributed by atoms with Crippen LogP contribution in [0, 0.1) is 0 Å². The van der Waals surface area contributed by atoms with E-state index in [9.17, 15) is 8.42 Å². The zero-order chi connectivity index (χ0) is 14.9. The highest BCUT2D eigenvalue weighted by Gasteiger charge is 2.18. The summed E-state index contributed by atoms with van der Waals surface area (Å²) < 4.78 is 24.6. The Labute approximate surface area is 123 Å². The molecule has 0 aliphatic carbocycles. The minimum absolute atomic E-state index is 0.0768. The van der Waals surface area contributed by atoms with Crippen molar-refractivity contribution in [2.24, 2.45) is 5.14 Å². The third-order valence-corrected chi connectivity index (χ3v) is 4.04. The molecule has 0 aliphatic heterocycles. The number of nitrogens with two attached hydrogens (primary N) is 1. The lowest BCUT2D eigenvalue weighted by Crippen LogP contribution is -2.12. The van der Waals surface area contributed by atoms with Crippen LogP contribution >= 0.6 is 11.6 Å². The Kier molecular flexibility index (Phi) is 4.17. The topological polar surface area (TPSA) is 78.0 Å². The first kappa shape index (κ1) is 15.0. The van der Waals surface area contributed by atoms with Gasteiger partial charge in [0.2, 0.25) is 0 Å². The maximum atomic E-state index is 11.4. The van der Waals surface area contributed by atoms with Crippen LogP contribution in [0.4, 0.5) is 0 Å². The number of benzene rings is 1. The number of nitrogens with zero attached hydrogens (tertiary/aromatic N) is 2. The van der Waals surface area contributed by atoms with Crippen LogP contribution < -0.4 is 5.14 Å². The van der Waals surface area contributed by atoms with Crippen LogP contribution in [0.3, 0.4) is 0 Å². The Hall–Kier alpha value is -1.37. The largest absolute Gasteiger partial charge is 0.329 e. The predicted molar refractivity (Wildman–Crippen MR) is 78.2 cm³/mol. The van der Waals surface area contributed by atoms with E-state index >= 15 is 0 Å². The fourth-order valence-electron chi connectivity index (χ4n) is 1.94. The van der Waals surface area contributed by atoms with E-state index in [0.29, 0.717) is 17.4 Å². The van der Waals surface area contributed by atoms with Crippen LogP contribution in [0.15, 0.2) is 35.5 Å². The summed E-state index contributed by atoms with van der Waals surface area (Å²) in [5, 5.41) is 5.65. The number of halogens is 1. The lowest BCUT2D eigenvalue weighted by atomic mass is 10.2. The van der Waals surface area contributed by atoms with Gasteiger partial charge in [-0.15, -0.1) is 0 Å². The SMILES string of the molecule is CC(C)c1nc(S(N)(=O)=O)cn1Cc1ccccc1Cl. The van der Waals surface area contributed by atoms with Crippen molar-refractivity contribution in [1.82, 2.24) is 9.55 Å². The van der Waals surface area contributed by atoms with E-state index in [-0.39, 0.29) is 10.9 Å². The summed E-state index contributed by atoms with van der Waals surface area (Å²) in [6.45, 7) is 4.34. The van der Waals surface area contributed by atoms with Crippen molar-refractivity contribution in [3.8, 4) is 0 Å². The van der Waals surface area contributed by atoms with Gasteiger partial charge in [0.25, 0.3) is 10.0 Å².